The van der Waals surface area contributed by atoms with E-state index >= 15 is 0 Å². The highest BCUT2D eigenvalue weighted by Crippen LogP contribution is 2.31. The second kappa shape index (κ2) is 8.45. The van der Waals surface area contributed by atoms with Crippen molar-refractivity contribution in [1.29, 1.82) is 0 Å². The van der Waals surface area contributed by atoms with Crippen LogP contribution in [0.4, 0.5) is 11.4 Å². The lowest BCUT2D eigenvalue weighted by Gasteiger charge is -2.21. The van der Waals surface area contributed by atoms with Crippen molar-refractivity contribution in [2.75, 3.05) is 23.3 Å². The van der Waals surface area contributed by atoms with Gasteiger partial charge in [-0.2, -0.15) is 0 Å². The van der Waals surface area contributed by atoms with E-state index < -0.39 is 5.91 Å². The molecule has 0 radical (unpaired) electrons. The number of nitrogens with one attached hydrogen (secondary N) is 1. The standard InChI is InChI=1S/C24H25N3O3/c1-2-21-18(17-7-3-4-8-22(17)30-21)10-12-23(28)26-19-15-16(24(25)29)9-11-20(19)27-13-5-6-14-27/h3-4,7-12,15H,2,5-6,13-14H2,1H3,(H2,25,29)(H,26,28)/b12-10+. The van der Waals surface area contributed by atoms with E-state index in [4.69, 9.17) is 10.2 Å². The fourth-order valence-electron chi connectivity index (χ4n) is 3.92. The molecule has 6 heteroatoms. The Balaban J connectivity index is 1.61. The van der Waals surface area contributed by atoms with Gasteiger partial charge in [0.1, 0.15) is 11.3 Å². The number of rotatable bonds is 6. The van der Waals surface area contributed by atoms with E-state index in [2.05, 4.69) is 10.2 Å². The van der Waals surface area contributed by atoms with Crippen LogP contribution in [-0.4, -0.2) is 24.9 Å². The van der Waals surface area contributed by atoms with Crippen LogP contribution in [0.25, 0.3) is 17.0 Å². The van der Waals surface area contributed by atoms with Crippen molar-refractivity contribution in [1.82, 2.24) is 0 Å². The maximum Gasteiger partial charge on any atom is 0.248 e. The molecule has 0 aliphatic carbocycles. The number of fused-ring (bicyclic) bond motifs is 1. The summed E-state index contributed by atoms with van der Waals surface area (Å²) in [6.45, 7) is 3.87. The fourth-order valence-corrected chi connectivity index (χ4v) is 3.92. The first kappa shape index (κ1) is 19.8. The molecule has 6 nitrogen and oxygen atoms in total. The molecule has 1 aromatic heterocycles. The molecule has 1 aliphatic heterocycles. The highest BCUT2D eigenvalue weighted by atomic mass is 16.3. The number of primary amides is 1. The van der Waals surface area contributed by atoms with E-state index in [0.717, 1.165) is 60.3 Å². The van der Waals surface area contributed by atoms with E-state index in [1.807, 2.05) is 37.3 Å². The summed E-state index contributed by atoms with van der Waals surface area (Å²) in [4.78, 5) is 26.6. The van der Waals surface area contributed by atoms with Gasteiger partial charge in [-0.15, -0.1) is 0 Å². The van der Waals surface area contributed by atoms with E-state index in [9.17, 15) is 9.59 Å². The van der Waals surface area contributed by atoms with E-state index in [-0.39, 0.29) is 5.91 Å². The zero-order valence-corrected chi connectivity index (χ0v) is 17.0. The molecule has 0 saturated carbocycles. The Labute approximate surface area is 175 Å². The molecule has 154 valence electrons. The Hall–Kier alpha value is -3.54. The highest BCUT2D eigenvalue weighted by Gasteiger charge is 2.18. The van der Waals surface area contributed by atoms with E-state index in [1.165, 1.54) is 6.08 Å². The molecule has 0 unspecified atom stereocenters. The second-order valence-electron chi connectivity index (χ2n) is 7.40. The summed E-state index contributed by atoms with van der Waals surface area (Å²) >= 11 is 0. The largest absolute Gasteiger partial charge is 0.460 e. The van der Waals surface area contributed by atoms with Gasteiger partial charge in [-0.05, 0) is 43.2 Å². The maximum atomic E-state index is 12.7. The van der Waals surface area contributed by atoms with Crippen molar-refractivity contribution >= 4 is 40.2 Å². The van der Waals surface area contributed by atoms with E-state index in [0.29, 0.717) is 11.3 Å². The first-order chi connectivity index (χ1) is 14.6. The van der Waals surface area contributed by atoms with Crippen molar-refractivity contribution in [3.8, 4) is 0 Å². The van der Waals surface area contributed by atoms with Gasteiger partial charge in [0.15, 0.2) is 0 Å². The first-order valence-corrected chi connectivity index (χ1v) is 10.2. The maximum absolute atomic E-state index is 12.7. The SMILES string of the molecule is CCc1oc2ccccc2c1/C=C/C(=O)Nc1cc(C(N)=O)ccc1N1CCCC1. The summed E-state index contributed by atoms with van der Waals surface area (Å²) in [6, 6.07) is 13.0. The Kier molecular flexibility index (Phi) is 5.57. The minimum absolute atomic E-state index is 0.274. The minimum atomic E-state index is -0.522. The third kappa shape index (κ3) is 3.94. The van der Waals surface area contributed by atoms with Crippen molar-refractivity contribution in [3.05, 3.63) is 65.4 Å². The van der Waals surface area contributed by atoms with Gasteiger partial charge in [0, 0.05) is 42.1 Å². The molecular weight excluding hydrogens is 378 g/mol. The molecule has 1 aliphatic rings. The third-order valence-electron chi connectivity index (χ3n) is 5.42. The molecule has 0 spiro atoms. The summed E-state index contributed by atoms with van der Waals surface area (Å²) in [5.74, 6) is 0.0459. The predicted octanol–water partition coefficient (Wildman–Crippen LogP) is 4.35. The number of carbonyl (C=O) groups is 2. The Bertz CT molecular complexity index is 1120. The first-order valence-electron chi connectivity index (χ1n) is 10.2. The van der Waals surface area contributed by atoms with Gasteiger partial charge in [0.2, 0.25) is 11.8 Å². The van der Waals surface area contributed by atoms with Crippen LogP contribution in [0.2, 0.25) is 0 Å². The molecule has 3 N–H and O–H groups in total. The zero-order chi connectivity index (χ0) is 21.1. The van der Waals surface area contributed by atoms with Gasteiger partial charge in [-0.3, -0.25) is 9.59 Å². The van der Waals surface area contributed by atoms with Crippen molar-refractivity contribution in [3.63, 3.8) is 0 Å². The summed E-state index contributed by atoms with van der Waals surface area (Å²) in [7, 11) is 0. The Morgan fingerprint density at radius 1 is 1.17 bits per heavy atom. The predicted molar refractivity (Wildman–Crippen MR) is 120 cm³/mol. The number of nitrogens with zero attached hydrogens (tertiary/aromatic N) is 1. The lowest BCUT2D eigenvalue weighted by Crippen LogP contribution is -2.21. The number of amides is 2. The zero-order valence-electron chi connectivity index (χ0n) is 17.0. The molecule has 0 atom stereocenters. The normalized spacial score (nSPS) is 14.0. The summed E-state index contributed by atoms with van der Waals surface area (Å²) < 4.78 is 5.89. The van der Waals surface area contributed by atoms with Gasteiger partial charge in [-0.1, -0.05) is 25.1 Å². The second-order valence-corrected chi connectivity index (χ2v) is 7.40. The van der Waals surface area contributed by atoms with Crippen LogP contribution < -0.4 is 16.0 Å². The number of benzene rings is 2. The summed E-state index contributed by atoms with van der Waals surface area (Å²) in [5, 5.41) is 3.90. The number of aryl methyl sites for hydroxylation is 1. The van der Waals surface area contributed by atoms with Gasteiger partial charge in [0.05, 0.1) is 11.4 Å². The molecule has 30 heavy (non-hydrogen) atoms. The monoisotopic (exact) mass is 403 g/mol. The van der Waals surface area contributed by atoms with Crippen LogP contribution in [0.1, 0.15) is 41.4 Å². The molecule has 1 fully saturated rings. The Morgan fingerprint density at radius 2 is 1.93 bits per heavy atom. The lowest BCUT2D eigenvalue weighted by atomic mass is 10.1. The summed E-state index contributed by atoms with van der Waals surface area (Å²) in [6.07, 6.45) is 6.24. The van der Waals surface area contributed by atoms with E-state index in [1.54, 1.807) is 18.2 Å². The molecular formula is C24H25N3O3. The number of nitrogens with two attached hydrogens (primary N) is 1. The number of hydrogen-bond acceptors (Lipinski definition) is 4. The molecule has 2 amide bonds. The van der Waals surface area contributed by atoms with Crippen molar-refractivity contribution in [2.45, 2.75) is 26.2 Å². The average molecular weight is 403 g/mol. The van der Waals surface area contributed by atoms with Gasteiger partial charge in [-0.25, -0.2) is 0 Å². The number of furan rings is 1. The molecule has 4 rings (SSSR count). The van der Waals surface area contributed by atoms with Crippen LogP contribution in [0.5, 0.6) is 0 Å². The van der Waals surface area contributed by atoms with Crippen LogP contribution in [0, 0.1) is 0 Å². The van der Waals surface area contributed by atoms with Crippen molar-refractivity contribution < 1.29 is 14.0 Å². The van der Waals surface area contributed by atoms with Gasteiger partial charge < -0.3 is 20.4 Å². The molecule has 3 aromatic rings. The molecule has 1 saturated heterocycles. The Morgan fingerprint density at radius 3 is 2.67 bits per heavy atom. The third-order valence-corrected chi connectivity index (χ3v) is 5.42. The smallest absolute Gasteiger partial charge is 0.248 e. The number of hydrogen-bond donors (Lipinski definition) is 2. The number of carbonyl (C=O) groups excluding carboxylic acids is 2. The fraction of sp³-hybridized carbons (Fsp3) is 0.250. The number of anilines is 2. The van der Waals surface area contributed by atoms with Crippen LogP contribution >= 0.6 is 0 Å². The van der Waals surface area contributed by atoms with Crippen LogP contribution in [-0.2, 0) is 11.2 Å². The topological polar surface area (TPSA) is 88.6 Å². The minimum Gasteiger partial charge on any atom is -0.460 e. The van der Waals surface area contributed by atoms with Gasteiger partial charge >= 0.3 is 0 Å². The lowest BCUT2D eigenvalue weighted by molar-refractivity contribution is -0.111. The van der Waals surface area contributed by atoms with Gasteiger partial charge in [0.25, 0.3) is 0 Å². The number of para-hydroxylation sites is 1. The molecule has 0 bridgehead atoms. The van der Waals surface area contributed by atoms with Crippen molar-refractivity contribution in [2.24, 2.45) is 5.73 Å². The van der Waals surface area contributed by atoms with Crippen LogP contribution in [0.15, 0.2) is 53.0 Å². The van der Waals surface area contributed by atoms with Crippen LogP contribution in [0.3, 0.4) is 0 Å². The molecule has 2 heterocycles. The average Bonchev–Trinajstić information content (AvgIpc) is 3.40. The molecule has 2 aromatic carbocycles. The summed E-state index contributed by atoms with van der Waals surface area (Å²) in [5.41, 5.74) is 9.02. The highest BCUT2D eigenvalue weighted by molar-refractivity contribution is 6.06. The quantitative estimate of drug-likeness (QED) is 0.599.